The van der Waals surface area contributed by atoms with Gasteiger partial charge in [-0.25, -0.2) is 0 Å². The molecule has 0 saturated carbocycles. The van der Waals surface area contributed by atoms with E-state index in [-0.39, 0.29) is 18.9 Å². The third-order valence-electron chi connectivity index (χ3n) is 4.76. The summed E-state index contributed by atoms with van der Waals surface area (Å²) in [5, 5.41) is 12.6. The Morgan fingerprint density at radius 2 is 1.85 bits per heavy atom. The van der Waals surface area contributed by atoms with Gasteiger partial charge in [0.05, 0.1) is 13.5 Å². The Bertz CT molecular complexity index is 773. The van der Waals surface area contributed by atoms with Gasteiger partial charge in [0.15, 0.2) is 0 Å². The number of carboxylic acid groups (broad SMARTS) is 1. The summed E-state index contributed by atoms with van der Waals surface area (Å²) in [5.41, 5.74) is 1.37. The third kappa shape index (κ3) is 4.23. The van der Waals surface area contributed by atoms with E-state index in [0.29, 0.717) is 12.0 Å². The van der Waals surface area contributed by atoms with Gasteiger partial charge in [-0.3, -0.25) is 9.59 Å². The van der Waals surface area contributed by atoms with Crippen molar-refractivity contribution in [3.05, 3.63) is 65.2 Å². The van der Waals surface area contributed by atoms with Gasteiger partial charge < -0.3 is 15.2 Å². The zero-order valence-corrected chi connectivity index (χ0v) is 15.4. The lowest BCUT2D eigenvalue weighted by atomic mass is 9.78. The second-order valence-corrected chi connectivity index (χ2v) is 6.36. The summed E-state index contributed by atoms with van der Waals surface area (Å²) in [7, 11) is 1.59. The monoisotopic (exact) mass is 355 g/mol. The van der Waals surface area contributed by atoms with Crippen LogP contribution in [0.25, 0.3) is 0 Å². The minimum Gasteiger partial charge on any atom is -0.496 e. The van der Waals surface area contributed by atoms with E-state index in [9.17, 15) is 14.7 Å². The summed E-state index contributed by atoms with van der Waals surface area (Å²) in [6.45, 7) is 3.80. The van der Waals surface area contributed by atoms with Crippen molar-refractivity contribution in [1.82, 2.24) is 5.32 Å². The highest BCUT2D eigenvalue weighted by molar-refractivity contribution is 5.84. The molecule has 0 fully saturated rings. The van der Waals surface area contributed by atoms with Crippen molar-refractivity contribution in [1.29, 1.82) is 0 Å². The van der Waals surface area contributed by atoms with Crippen molar-refractivity contribution >= 4 is 11.9 Å². The fraction of sp³-hybridized carbons (Fsp3) is 0.333. The lowest BCUT2D eigenvalue weighted by Gasteiger charge is -2.29. The quantitative estimate of drug-likeness (QED) is 0.763. The highest BCUT2D eigenvalue weighted by atomic mass is 16.5. The van der Waals surface area contributed by atoms with Crippen LogP contribution in [-0.4, -0.2) is 30.6 Å². The van der Waals surface area contributed by atoms with Crippen molar-refractivity contribution < 1.29 is 19.4 Å². The zero-order valence-electron chi connectivity index (χ0n) is 15.4. The van der Waals surface area contributed by atoms with Crippen LogP contribution in [0, 0.1) is 6.92 Å². The number of benzene rings is 2. The van der Waals surface area contributed by atoms with Gasteiger partial charge in [0, 0.05) is 6.54 Å². The first-order valence-corrected chi connectivity index (χ1v) is 8.62. The number of hydrogen-bond donors (Lipinski definition) is 2. The number of rotatable bonds is 8. The molecular formula is C21H25NO4. The van der Waals surface area contributed by atoms with Gasteiger partial charge in [-0.15, -0.1) is 0 Å². The number of methoxy groups -OCH3 is 1. The molecule has 1 amide bonds. The third-order valence-corrected chi connectivity index (χ3v) is 4.76. The van der Waals surface area contributed by atoms with Crippen molar-refractivity contribution in [2.75, 3.05) is 13.7 Å². The maximum absolute atomic E-state index is 12.4. The second-order valence-electron chi connectivity index (χ2n) is 6.36. The van der Waals surface area contributed by atoms with E-state index in [1.54, 1.807) is 19.2 Å². The molecule has 2 rings (SSSR count). The summed E-state index contributed by atoms with van der Waals surface area (Å²) in [5.74, 6) is -0.428. The number of carboxylic acids is 1. The van der Waals surface area contributed by atoms with Crippen LogP contribution in [-0.2, 0) is 21.4 Å². The first-order chi connectivity index (χ1) is 12.4. The molecule has 5 heteroatoms. The maximum Gasteiger partial charge on any atom is 0.315 e. The number of nitrogens with one attached hydrogen (secondary N) is 1. The van der Waals surface area contributed by atoms with Crippen LogP contribution >= 0.6 is 0 Å². The molecule has 0 aliphatic carbocycles. The summed E-state index contributed by atoms with van der Waals surface area (Å²) in [4.78, 5) is 24.3. The molecule has 0 spiro atoms. The molecule has 138 valence electrons. The number of hydrogen-bond acceptors (Lipinski definition) is 3. The van der Waals surface area contributed by atoms with E-state index < -0.39 is 11.4 Å². The van der Waals surface area contributed by atoms with Gasteiger partial charge in [0.25, 0.3) is 0 Å². The fourth-order valence-corrected chi connectivity index (χ4v) is 3.01. The largest absolute Gasteiger partial charge is 0.496 e. The molecule has 0 aromatic heterocycles. The van der Waals surface area contributed by atoms with Gasteiger partial charge in [-0.05, 0) is 36.1 Å². The van der Waals surface area contributed by atoms with Crippen LogP contribution in [0.3, 0.4) is 0 Å². The van der Waals surface area contributed by atoms with Crippen LogP contribution in [0.15, 0.2) is 48.5 Å². The number of amides is 1. The summed E-state index contributed by atoms with van der Waals surface area (Å²) < 4.78 is 5.28. The molecule has 0 saturated heterocycles. The Morgan fingerprint density at radius 1 is 1.15 bits per heavy atom. The molecule has 2 aromatic rings. The average Bonchev–Trinajstić information content (AvgIpc) is 2.65. The summed E-state index contributed by atoms with van der Waals surface area (Å²) >= 11 is 0. The number of carbonyl (C=O) groups is 2. The molecule has 5 nitrogen and oxygen atoms in total. The first kappa shape index (κ1) is 19.5. The van der Waals surface area contributed by atoms with Crippen LogP contribution in [0.2, 0.25) is 0 Å². The number of aliphatic carboxylic acids is 1. The highest BCUT2D eigenvalue weighted by Gasteiger charge is 2.38. The smallest absolute Gasteiger partial charge is 0.315 e. The molecule has 26 heavy (non-hydrogen) atoms. The molecule has 0 bridgehead atoms. The molecule has 1 unspecified atom stereocenters. The van der Waals surface area contributed by atoms with E-state index in [1.807, 2.05) is 50.2 Å². The Hall–Kier alpha value is -2.82. The molecule has 1 atom stereocenters. The first-order valence-electron chi connectivity index (χ1n) is 8.62. The van der Waals surface area contributed by atoms with Crippen molar-refractivity contribution in [3.8, 4) is 5.75 Å². The topological polar surface area (TPSA) is 75.6 Å². The summed E-state index contributed by atoms with van der Waals surface area (Å²) in [6, 6.07) is 14.6. The standard InChI is InChI=1S/C21H25NO4/c1-4-21(20(24)25,17-8-6-5-7-9-17)14-22-19(23)13-16-11-10-15(2)18(12-16)26-3/h5-12H,4,13-14H2,1-3H3,(H,22,23)(H,24,25). The predicted octanol–water partition coefficient (Wildman–Crippen LogP) is 3.09. The second kappa shape index (κ2) is 8.52. The fourth-order valence-electron chi connectivity index (χ4n) is 3.01. The van der Waals surface area contributed by atoms with Crippen LogP contribution in [0.5, 0.6) is 5.75 Å². The molecule has 2 aromatic carbocycles. The van der Waals surface area contributed by atoms with E-state index in [2.05, 4.69) is 5.32 Å². The number of aryl methyl sites for hydroxylation is 1. The van der Waals surface area contributed by atoms with E-state index in [0.717, 1.165) is 16.9 Å². The van der Waals surface area contributed by atoms with Gasteiger partial charge in [-0.1, -0.05) is 49.4 Å². The van der Waals surface area contributed by atoms with Crippen molar-refractivity contribution in [2.45, 2.75) is 32.1 Å². The molecule has 0 radical (unpaired) electrons. The lowest BCUT2D eigenvalue weighted by molar-refractivity contribution is -0.144. The maximum atomic E-state index is 12.4. The van der Waals surface area contributed by atoms with E-state index in [4.69, 9.17) is 4.74 Å². The van der Waals surface area contributed by atoms with Gasteiger partial charge in [0.1, 0.15) is 11.2 Å². The molecule has 0 heterocycles. The normalized spacial score (nSPS) is 12.9. The zero-order chi connectivity index (χ0) is 19.2. The highest BCUT2D eigenvalue weighted by Crippen LogP contribution is 2.28. The van der Waals surface area contributed by atoms with Crippen LogP contribution < -0.4 is 10.1 Å². The van der Waals surface area contributed by atoms with E-state index >= 15 is 0 Å². The van der Waals surface area contributed by atoms with Gasteiger partial charge in [0.2, 0.25) is 5.91 Å². The molecule has 0 aliphatic heterocycles. The molecule has 2 N–H and O–H groups in total. The Balaban J connectivity index is 2.11. The lowest BCUT2D eigenvalue weighted by Crippen LogP contribution is -2.46. The van der Waals surface area contributed by atoms with Gasteiger partial charge in [-0.2, -0.15) is 0 Å². The molecule has 0 aliphatic rings. The SMILES string of the molecule is CCC(CNC(=O)Cc1ccc(C)c(OC)c1)(C(=O)O)c1ccccc1. The van der Waals surface area contributed by atoms with Crippen molar-refractivity contribution in [2.24, 2.45) is 0 Å². The number of carbonyl (C=O) groups excluding carboxylic acids is 1. The van der Waals surface area contributed by atoms with Gasteiger partial charge >= 0.3 is 5.97 Å². The Kier molecular flexibility index (Phi) is 6.39. The minimum absolute atomic E-state index is 0.0463. The average molecular weight is 355 g/mol. The summed E-state index contributed by atoms with van der Waals surface area (Å²) in [6.07, 6.45) is 0.551. The van der Waals surface area contributed by atoms with E-state index in [1.165, 1.54) is 0 Å². The number of ether oxygens (including phenoxy) is 1. The predicted molar refractivity (Wildman–Crippen MR) is 100 cm³/mol. The van der Waals surface area contributed by atoms with Crippen LogP contribution in [0.1, 0.15) is 30.0 Å². The van der Waals surface area contributed by atoms with Crippen LogP contribution in [0.4, 0.5) is 0 Å². The minimum atomic E-state index is -1.14. The molecular weight excluding hydrogens is 330 g/mol. The Morgan fingerprint density at radius 3 is 2.42 bits per heavy atom. The van der Waals surface area contributed by atoms with Crippen molar-refractivity contribution in [3.63, 3.8) is 0 Å². The Labute approximate surface area is 154 Å².